The Morgan fingerprint density at radius 3 is 2.69 bits per heavy atom. The van der Waals surface area contributed by atoms with Crippen LogP contribution in [0.2, 0.25) is 0 Å². The molecule has 0 amide bonds. The highest BCUT2D eigenvalue weighted by Gasteiger charge is 2.09. The Labute approximate surface area is 82.5 Å². The second-order valence-corrected chi connectivity index (χ2v) is 2.54. The lowest BCUT2D eigenvalue weighted by Gasteiger charge is -2.09. The minimum absolute atomic E-state index is 0. The fourth-order valence-corrected chi connectivity index (χ4v) is 0.939. The van der Waals surface area contributed by atoms with Crippen LogP contribution >= 0.6 is 12.4 Å². The van der Waals surface area contributed by atoms with Crippen LogP contribution in [0, 0.1) is 5.82 Å². The van der Waals surface area contributed by atoms with E-state index in [0.29, 0.717) is 11.4 Å². The summed E-state index contributed by atoms with van der Waals surface area (Å²) in [5, 5.41) is 0. The molecule has 0 bridgehead atoms. The average molecular weight is 207 g/mol. The van der Waals surface area contributed by atoms with Gasteiger partial charge in [-0.1, -0.05) is 0 Å². The number of hydrogen-bond donors (Lipinski definition) is 1. The molecule has 13 heavy (non-hydrogen) atoms. The van der Waals surface area contributed by atoms with Crippen molar-refractivity contribution in [2.45, 2.75) is 13.0 Å². The maximum Gasteiger partial charge on any atom is 0.218 e. The number of ether oxygens (including phenoxy) is 1. The highest BCUT2D eigenvalue weighted by atomic mass is 35.5. The van der Waals surface area contributed by atoms with E-state index in [9.17, 15) is 4.39 Å². The first kappa shape index (κ1) is 12.1. The Hall–Kier alpha value is -0.870. The van der Waals surface area contributed by atoms with E-state index < -0.39 is 5.82 Å². The summed E-state index contributed by atoms with van der Waals surface area (Å²) in [5.74, 6) is -0.0190. The fourth-order valence-electron chi connectivity index (χ4n) is 0.939. The normalized spacial score (nSPS) is 11.7. The minimum Gasteiger partial charge on any atom is -0.481 e. The fraction of sp³-hybridized carbons (Fsp3) is 0.375. The monoisotopic (exact) mass is 206 g/mol. The van der Waals surface area contributed by atoms with Gasteiger partial charge in [-0.15, -0.1) is 12.4 Å². The molecule has 1 aromatic heterocycles. The van der Waals surface area contributed by atoms with Gasteiger partial charge in [0.15, 0.2) is 0 Å². The van der Waals surface area contributed by atoms with Gasteiger partial charge in [0, 0.05) is 11.6 Å². The quantitative estimate of drug-likeness (QED) is 0.801. The summed E-state index contributed by atoms with van der Waals surface area (Å²) in [7, 11) is 1.48. The van der Waals surface area contributed by atoms with E-state index in [4.69, 9.17) is 10.5 Å². The zero-order chi connectivity index (χ0) is 9.14. The number of halogens is 2. The number of aromatic nitrogens is 1. The first-order chi connectivity index (χ1) is 5.65. The minimum atomic E-state index is -0.400. The lowest BCUT2D eigenvalue weighted by atomic mass is 10.1. The van der Waals surface area contributed by atoms with Gasteiger partial charge in [0.2, 0.25) is 5.88 Å². The van der Waals surface area contributed by atoms with Crippen molar-refractivity contribution < 1.29 is 9.13 Å². The van der Waals surface area contributed by atoms with Gasteiger partial charge in [-0.2, -0.15) is 0 Å². The van der Waals surface area contributed by atoms with Crippen LogP contribution in [-0.4, -0.2) is 12.1 Å². The summed E-state index contributed by atoms with van der Waals surface area (Å²) in [6.45, 7) is 1.75. The van der Waals surface area contributed by atoms with Crippen molar-refractivity contribution in [1.82, 2.24) is 4.98 Å². The lowest BCUT2D eigenvalue weighted by molar-refractivity contribution is 0.387. The standard InChI is InChI=1S/C8H11FN2O.ClH/c1-5(10)7-3-6(9)4-11-8(7)12-2;/h3-5H,10H2,1-2H3;1H/t5-;/m1./s1. The van der Waals surface area contributed by atoms with Crippen molar-refractivity contribution in [1.29, 1.82) is 0 Å². The molecule has 0 saturated carbocycles. The third-order valence-corrected chi connectivity index (χ3v) is 1.53. The molecule has 1 atom stereocenters. The molecule has 2 N–H and O–H groups in total. The average Bonchev–Trinajstić information content (AvgIpc) is 2.04. The molecule has 1 aromatic rings. The number of nitrogens with zero attached hydrogens (tertiary/aromatic N) is 1. The smallest absolute Gasteiger partial charge is 0.218 e. The van der Waals surface area contributed by atoms with Crippen LogP contribution in [0.1, 0.15) is 18.5 Å². The molecule has 1 heterocycles. The predicted molar refractivity (Wildman–Crippen MR) is 50.6 cm³/mol. The van der Waals surface area contributed by atoms with Gasteiger partial charge >= 0.3 is 0 Å². The summed E-state index contributed by atoms with van der Waals surface area (Å²) in [4.78, 5) is 3.74. The third kappa shape index (κ3) is 2.82. The maximum atomic E-state index is 12.7. The molecule has 74 valence electrons. The van der Waals surface area contributed by atoms with Crippen molar-refractivity contribution in [3.05, 3.63) is 23.6 Å². The first-order valence-electron chi connectivity index (χ1n) is 3.60. The second kappa shape index (κ2) is 4.99. The molecule has 5 heteroatoms. The SMILES string of the molecule is COc1ncc(F)cc1[C@@H](C)N.Cl. The molecule has 3 nitrogen and oxygen atoms in total. The van der Waals surface area contributed by atoms with Crippen molar-refractivity contribution >= 4 is 12.4 Å². The molecule has 0 saturated heterocycles. The second-order valence-electron chi connectivity index (χ2n) is 2.54. The molecule has 0 aromatic carbocycles. The van der Waals surface area contributed by atoms with Crippen molar-refractivity contribution in [3.8, 4) is 5.88 Å². The first-order valence-corrected chi connectivity index (χ1v) is 3.60. The number of nitrogens with two attached hydrogens (primary N) is 1. The van der Waals surface area contributed by atoms with E-state index in [2.05, 4.69) is 4.98 Å². The van der Waals surface area contributed by atoms with Gasteiger partial charge in [0.05, 0.1) is 13.3 Å². The van der Waals surface area contributed by atoms with Crippen LogP contribution in [0.25, 0.3) is 0 Å². The number of rotatable bonds is 2. The Morgan fingerprint density at radius 1 is 1.62 bits per heavy atom. The van der Waals surface area contributed by atoms with E-state index in [1.54, 1.807) is 6.92 Å². The molecular weight excluding hydrogens is 195 g/mol. The van der Waals surface area contributed by atoms with Gasteiger partial charge in [-0.25, -0.2) is 9.37 Å². The Balaban J connectivity index is 0.00000144. The highest BCUT2D eigenvalue weighted by Crippen LogP contribution is 2.20. The summed E-state index contributed by atoms with van der Waals surface area (Å²) in [6.07, 6.45) is 1.10. The predicted octanol–water partition coefficient (Wildman–Crippen LogP) is 1.67. The van der Waals surface area contributed by atoms with E-state index in [1.807, 2.05) is 0 Å². The van der Waals surface area contributed by atoms with Crippen molar-refractivity contribution in [3.63, 3.8) is 0 Å². The van der Waals surface area contributed by atoms with Crippen molar-refractivity contribution in [2.24, 2.45) is 5.73 Å². The largest absolute Gasteiger partial charge is 0.481 e. The molecule has 0 aliphatic rings. The van der Waals surface area contributed by atoms with Crippen LogP contribution in [0.5, 0.6) is 5.88 Å². The molecular formula is C8H12ClFN2O. The summed E-state index contributed by atoms with van der Waals surface area (Å²) in [5.41, 5.74) is 6.15. The number of methoxy groups -OCH3 is 1. The topological polar surface area (TPSA) is 48.1 Å². The van der Waals surface area contributed by atoms with E-state index >= 15 is 0 Å². The summed E-state index contributed by atoms with van der Waals surface area (Å²) >= 11 is 0. The highest BCUT2D eigenvalue weighted by molar-refractivity contribution is 5.85. The maximum absolute atomic E-state index is 12.7. The Bertz CT molecular complexity index is 281. The Morgan fingerprint density at radius 2 is 2.23 bits per heavy atom. The molecule has 1 rings (SSSR count). The van der Waals surface area contributed by atoms with Crippen LogP contribution in [-0.2, 0) is 0 Å². The molecule has 0 radical (unpaired) electrons. The molecule has 0 spiro atoms. The number of pyridine rings is 1. The summed E-state index contributed by atoms with van der Waals surface area (Å²) in [6, 6.07) is 1.05. The van der Waals surface area contributed by atoms with Gasteiger partial charge in [-0.3, -0.25) is 0 Å². The van der Waals surface area contributed by atoms with Gasteiger partial charge in [0.25, 0.3) is 0 Å². The lowest BCUT2D eigenvalue weighted by Crippen LogP contribution is -2.08. The zero-order valence-corrected chi connectivity index (χ0v) is 8.27. The van der Waals surface area contributed by atoms with Crippen LogP contribution < -0.4 is 10.5 Å². The zero-order valence-electron chi connectivity index (χ0n) is 7.45. The van der Waals surface area contributed by atoms with Gasteiger partial charge < -0.3 is 10.5 Å². The van der Waals surface area contributed by atoms with E-state index in [-0.39, 0.29) is 18.4 Å². The van der Waals surface area contributed by atoms with Crippen molar-refractivity contribution in [2.75, 3.05) is 7.11 Å². The van der Waals surface area contributed by atoms with Gasteiger partial charge in [0.1, 0.15) is 5.82 Å². The van der Waals surface area contributed by atoms with Gasteiger partial charge in [-0.05, 0) is 13.0 Å². The van der Waals surface area contributed by atoms with E-state index in [0.717, 1.165) is 6.20 Å². The third-order valence-electron chi connectivity index (χ3n) is 1.53. The van der Waals surface area contributed by atoms with Crippen LogP contribution in [0.4, 0.5) is 4.39 Å². The molecule has 0 aliphatic carbocycles. The van der Waals surface area contributed by atoms with E-state index in [1.165, 1.54) is 13.2 Å². The van der Waals surface area contributed by atoms with Crippen LogP contribution in [0.15, 0.2) is 12.3 Å². The Kier molecular flexibility index (Phi) is 4.66. The molecule has 0 unspecified atom stereocenters. The molecule has 0 fully saturated rings. The summed E-state index contributed by atoms with van der Waals surface area (Å²) < 4.78 is 17.6. The molecule has 0 aliphatic heterocycles. The number of hydrogen-bond acceptors (Lipinski definition) is 3. The van der Waals surface area contributed by atoms with Crippen LogP contribution in [0.3, 0.4) is 0 Å².